The van der Waals surface area contributed by atoms with Crippen molar-refractivity contribution in [3.05, 3.63) is 30.3 Å². The van der Waals surface area contributed by atoms with Gasteiger partial charge in [0.1, 0.15) is 0 Å². The van der Waals surface area contributed by atoms with E-state index in [1.807, 2.05) is 30.3 Å². The van der Waals surface area contributed by atoms with Gasteiger partial charge >= 0.3 is 0 Å². The lowest BCUT2D eigenvalue weighted by Gasteiger charge is -1.81. The van der Waals surface area contributed by atoms with Gasteiger partial charge in [-0.15, -0.1) is 12.6 Å². The zero-order valence-corrected chi connectivity index (χ0v) is 4.73. The molecule has 0 fully saturated rings. The second kappa shape index (κ2) is 3.61. The lowest BCUT2D eigenvalue weighted by molar-refractivity contribution is 1.48. The summed E-state index contributed by atoms with van der Waals surface area (Å²) in [6.45, 7) is 0. The number of hydrogen-bond acceptors (Lipinski definition) is 1. The first-order valence-electron chi connectivity index (χ1n) is 2.13. The highest BCUT2D eigenvalue weighted by Gasteiger charge is 1.73. The predicted molar refractivity (Wildman–Crippen MR) is 43.6 cm³/mol. The Kier molecular flexibility index (Phi) is 3.45. The SMILES string of the molecule is B.Sc1ccccc1. The first kappa shape index (κ1) is 7.63. The maximum Gasteiger partial charge on any atom is 0.0814 e. The summed E-state index contributed by atoms with van der Waals surface area (Å²) < 4.78 is 0. The monoisotopic (exact) mass is 124 g/mol. The van der Waals surface area contributed by atoms with Gasteiger partial charge in [0.15, 0.2) is 0 Å². The summed E-state index contributed by atoms with van der Waals surface area (Å²) in [5, 5.41) is 0. The molecule has 42 valence electrons. The van der Waals surface area contributed by atoms with Gasteiger partial charge in [-0.25, -0.2) is 0 Å². The van der Waals surface area contributed by atoms with Crippen molar-refractivity contribution in [3.63, 3.8) is 0 Å². The van der Waals surface area contributed by atoms with E-state index in [4.69, 9.17) is 0 Å². The molecular formula is C6H9BS. The van der Waals surface area contributed by atoms with E-state index >= 15 is 0 Å². The molecule has 0 unspecified atom stereocenters. The van der Waals surface area contributed by atoms with Gasteiger partial charge in [0.2, 0.25) is 0 Å². The smallest absolute Gasteiger partial charge is 0.0814 e. The Morgan fingerprint density at radius 1 is 1.00 bits per heavy atom. The third kappa shape index (κ3) is 2.08. The van der Waals surface area contributed by atoms with Crippen molar-refractivity contribution in [2.75, 3.05) is 0 Å². The second-order valence-electron chi connectivity index (χ2n) is 1.34. The van der Waals surface area contributed by atoms with Crippen molar-refractivity contribution in [2.45, 2.75) is 4.90 Å². The van der Waals surface area contributed by atoms with Crippen molar-refractivity contribution in [1.29, 1.82) is 0 Å². The van der Waals surface area contributed by atoms with E-state index in [1.54, 1.807) is 0 Å². The summed E-state index contributed by atoms with van der Waals surface area (Å²) >= 11 is 4.08. The van der Waals surface area contributed by atoms with E-state index in [0.29, 0.717) is 0 Å². The third-order valence-corrected chi connectivity index (χ3v) is 1.05. The molecule has 0 aliphatic carbocycles. The zero-order chi connectivity index (χ0) is 5.11. The van der Waals surface area contributed by atoms with E-state index in [-0.39, 0.29) is 8.41 Å². The van der Waals surface area contributed by atoms with Crippen molar-refractivity contribution in [3.8, 4) is 0 Å². The molecule has 0 N–H and O–H groups in total. The fraction of sp³-hybridized carbons (Fsp3) is 0. The summed E-state index contributed by atoms with van der Waals surface area (Å²) in [5.41, 5.74) is 0. The van der Waals surface area contributed by atoms with E-state index in [0.717, 1.165) is 4.90 Å². The van der Waals surface area contributed by atoms with E-state index < -0.39 is 0 Å². The molecule has 2 heteroatoms. The largest absolute Gasteiger partial charge is 0.143 e. The average Bonchev–Trinajstić information content (AvgIpc) is 1.69. The summed E-state index contributed by atoms with van der Waals surface area (Å²) in [5.74, 6) is 0. The van der Waals surface area contributed by atoms with E-state index in [1.165, 1.54) is 0 Å². The molecule has 0 aliphatic rings. The van der Waals surface area contributed by atoms with Crippen LogP contribution in [0.5, 0.6) is 0 Å². The molecule has 1 aromatic carbocycles. The van der Waals surface area contributed by atoms with Gasteiger partial charge in [0, 0.05) is 4.90 Å². The van der Waals surface area contributed by atoms with Crippen LogP contribution in [0.3, 0.4) is 0 Å². The Hall–Kier alpha value is -0.365. The molecule has 0 saturated carbocycles. The third-order valence-electron chi connectivity index (χ3n) is 0.756. The minimum absolute atomic E-state index is 0. The summed E-state index contributed by atoms with van der Waals surface area (Å²) in [6.07, 6.45) is 0. The van der Waals surface area contributed by atoms with Crippen molar-refractivity contribution in [1.82, 2.24) is 0 Å². The molecule has 1 rings (SSSR count). The molecule has 0 nitrogen and oxygen atoms in total. The van der Waals surface area contributed by atoms with Gasteiger partial charge in [-0.1, -0.05) is 18.2 Å². The van der Waals surface area contributed by atoms with Gasteiger partial charge in [-0.3, -0.25) is 0 Å². The summed E-state index contributed by atoms with van der Waals surface area (Å²) in [4.78, 5) is 1.02. The van der Waals surface area contributed by atoms with Crippen LogP contribution in [0.4, 0.5) is 0 Å². The quantitative estimate of drug-likeness (QED) is 0.383. The van der Waals surface area contributed by atoms with Crippen molar-refractivity contribution in [2.24, 2.45) is 0 Å². The lowest BCUT2D eigenvalue weighted by Crippen LogP contribution is -1.56. The average molecular weight is 124 g/mol. The second-order valence-corrected chi connectivity index (χ2v) is 1.85. The molecule has 0 atom stereocenters. The van der Waals surface area contributed by atoms with E-state index in [9.17, 15) is 0 Å². The van der Waals surface area contributed by atoms with Gasteiger partial charge in [-0.05, 0) is 12.1 Å². The molecule has 0 heterocycles. The number of hydrogen-bond donors (Lipinski definition) is 1. The number of benzene rings is 1. The van der Waals surface area contributed by atoms with Crippen LogP contribution in [-0.2, 0) is 0 Å². The lowest BCUT2D eigenvalue weighted by atomic mass is 10.4. The molecule has 1 aromatic rings. The Labute approximate surface area is 56.9 Å². The maximum atomic E-state index is 4.08. The molecule has 0 bridgehead atoms. The molecule has 0 saturated heterocycles. The highest BCUT2D eigenvalue weighted by atomic mass is 32.1. The molecule has 0 aromatic heterocycles. The first-order valence-corrected chi connectivity index (χ1v) is 2.58. The van der Waals surface area contributed by atoms with Crippen LogP contribution in [0, 0.1) is 0 Å². The standard InChI is InChI=1S/C6H6S.BH3/c7-6-4-2-1-3-5-6;/h1-5,7H;1H3. The fourth-order valence-corrected chi connectivity index (χ4v) is 0.600. The Balaban J connectivity index is 0.000000490. The summed E-state index contributed by atoms with van der Waals surface area (Å²) in [7, 11) is 0. The van der Waals surface area contributed by atoms with Gasteiger partial charge in [0.05, 0.1) is 8.41 Å². The number of thiol groups is 1. The van der Waals surface area contributed by atoms with Gasteiger partial charge in [-0.2, -0.15) is 0 Å². The first-order chi connectivity index (χ1) is 3.39. The van der Waals surface area contributed by atoms with Crippen LogP contribution in [-0.4, -0.2) is 8.41 Å². The minimum Gasteiger partial charge on any atom is -0.143 e. The maximum absolute atomic E-state index is 4.08. The van der Waals surface area contributed by atoms with Gasteiger partial charge in [0.25, 0.3) is 0 Å². The normalized spacial score (nSPS) is 7.62. The van der Waals surface area contributed by atoms with Crippen LogP contribution in [0.25, 0.3) is 0 Å². The van der Waals surface area contributed by atoms with E-state index in [2.05, 4.69) is 12.6 Å². The zero-order valence-electron chi connectivity index (χ0n) is 3.83. The Bertz CT molecular complexity index is 138. The van der Waals surface area contributed by atoms with Crippen molar-refractivity contribution < 1.29 is 0 Å². The molecule has 0 amide bonds. The van der Waals surface area contributed by atoms with Crippen molar-refractivity contribution >= 4 is 21.0 Å². The minimum atomic E-state index is 0. The topological polar surface area (TPSA) is 0 Å². The van der Waals surface area contributed by atoms with Gasteiger partial charge < -0.3 is 0 Å². The van der Waals surface area contributed by atoms with Crippen LogP contribution in [0.2, 0.25) is 0 Å². The molecule has 0 radical (unpaired) electrons. The molecule has 0 aliphatic heterocycles. The fourth-order valence-electron chi connectivity index (χ4n) is 0.428. The van der Waals surface area contributed by atoms with Crippen LogP contribution in [0.1, 0.15) is 0 Å². The Morgan fingerprint density at radius 3 is 1.75 bits per heavy atom. The summed E-state index contributed by atoms with van der Waals surface area (Å²) in [6, 6.07) is 9.79. The Morgan fingerprint density at radius 2 is 1.50 bits per heavy atom. The van der Waals surface area contributed by atoms with Crippen LogP contribution >= 0.6 is 12.6 Å². The van der Waals surface area contributed by atoms with Crippen LogP contribution in [0.15, 0.2) is 35.2 Å². The molecule has 0 spiro atoms. The number of rotatable bonds is 0. The highest BCUT2D eigenvalue weighted by Crippen LogP contribution is 2.00. The molecule has 8 heavy (non-hydrogen) atoms. The predicted octanol–water partition coefficient (Wildman–Crippen LogP) is 0.791. The molecular weight excluding hydrogens is 115 g/mol. The van der Waals surface area contributed by atoms with Crippen LogP contribution < -0.4 is 0 Å². The highest BCUT2D eigenvalue weighted by molar-refractivity contribution is 7.80.